The van der Waals surface area contributed by atoms with Gasteiger partial charge in [0.1, 0.15) is 5.75 Å². The molecule has 2 aromatic rings. The predicted molar refractivity (Wildman–Crippen MR) is 87.8 cm³/mol. The lowest BCUT2D eigenvalue weighted by Crippen LogP contribution is -2.50. The lowest BCUT2D eigenvalue weighted by atomic mass is 10.1. The van der Waals surface area contributed by atoms with E-state index in [9.17, 15) is 9.59 Å². The van der Waals surface area contributed by atoms with Crippen molar-refractivity contribution in [3.8, 4) is 5.75 Å². The highest BCUT2D eigenvalue weighted by atomic mass is 16.5. The molecule has 0 aromatic heterocycles. The number of nitrogens with one attached hydrogen (secondary N) is 1. The molecule has 5 heteroatoms. The number of benzene rings is 2. The molecule has 23 heavy (non-hydrogen) atoms. The molecular formula is C18H18N2O3. The van der Waals surface area contributed by atoms with Crippen LogP contribution in [0.1, 0.15) is 15.9 Å². The minimum atomic E-state index is -0.719. The summed E-state index contributed by atoms with van der Waals surface area (Å²) in [7, 11) is 1.55. The standard InChI is InChI=1S/C18H18N2O3/c1-12-6-5-7-13(10-12)18(22)20-11-16(17(21)19-2)23-15-9-4-3-8-14(15)20/h3-10,16H,11H2,1-2H3,(H,19,21). The number of anilines is 1. The van der Waals surface area contributed by atoms with Crippen molar-refractivity contribution in [1.29, 1.82) is 0 Å². The number of carbonyl (C=O) groups excluding carboxylic acids is 2. The highest BCUT2D eigenvalue weighted by Gasteiger charge is 2.33. The zero-order valence-electron chi connectivity index (χ0n) is 13.1. The van der Waals surface area contributed by atoms with E-state index in [-0.39, 0.29) is 18.4 Å². The van der Waals surface area contributed by atoms with Crippen LogP contribution in [-0.4, -0.2) is 31.5 Å². The molecule has 0 spiro atoms. The van der Waals surface area contributed by atoms with Crippen LogP contribution in [0.3, 0.4) is 0 Å². The summed E-state index contributed by atoms with van der Waals surface area (Å²) < 4.78 is 5.72. The van der Waals surface area contributed by atoms with Crippen molar-refractivity contribution in [2.45, 2.75) is 13.0 Å². The van der Waals surface area contributed by atoms with E-state index in [4.69, 9.17) is 4.74 Å². The van der Waals surface area contributed by atoms with Crippen LogP contribution in [0.2, 0.25) is 0 Å². The van der Waals surface area contributed by atoms with Crippen molar-refractivity contribution < 1.29 is 14.3 Å². The molecule has 1 heterocycles. The summed E-state index contributed by atoms with van der Waals surface area (Å²) in [6.45, 7) is 2.13. The fourth-order valence-electron chi connectivity index (χ4n) is 2.66. The molecule has 0 bridgehead atoms. The lowest BCUT2D eigenvalue weighted by Gasteiger charge is -2.34. The summed E-state index contributed by atoms with van der Waals surface area (Å²) in [5.74, 6) is 0.147. The van der Waals surface area contributed by atoms with Crippen LogP contribution >= 0.6 is 0 Å². The van der Waals surface area contributed by atoms with Gasteiger partial charge in [0.15, 0.2) is 6.10 Å². The third-order valence-corrected chi connectivity index (χ3v) is 3.82. The Morgan fingerprint density at radius 3 is 2.70 bits per heavy atom. The van der Waals surface area contributed by atoms with Crippen molar-refractivity contribution in [3.63, 3.8) is 0 Å². The number of nitrogens with zero attached hydrogens (tertiary/aromatic N) is 1. The minimum absolute atomic E-state index is 0.140. The number of hydrogen-bond donors (Lipinski definition) is 1. The second-order valence-corrected chi connectivity index (χ2v) is 5.47. The average molecular weight is 310 g/mol. The van der Waals surface area contributed by atoms with Crippen LogP contribution < -0.4 is 15.0 Å². The Balaban J connectivity index is 1.99. The van der Waals surface area contributed by atoms with Crippen LogP contribution in [0, 0.1) is 6.92 Å². The second-order valence-electron chi connectivity index (χ2n) is 5.47. The van der Waals surface area contributed by atoms with E-state index in [1.165, 1.54) is 0 Å². The van der Waals surface area contributed by atoms with Gasteiger partial charge in [-0.05, 0) is 31.2 Å². The molecule has 1 atom stereocenters. The molecule has 0 saturated heterocycles. The maximum Gasteiger partial charge on any atom is 0.262 e. The second kappa shape index (κ2) is 6.12. The van der Waals surface area contributed by atoms with Gasteiger partial charge in [-0.15, -0.1) is 0 Å². The molecule has 2 amide bonds. The summed E-state index contributed by atoms with van der Waals surface area (Å²) in [5, 5.41) is 2.57. The van der Waals surface area contributed by atoms with E-state index >= 15 is 0 Å². The smallest absolute Gasteiger partial charge is 0.262 e. The fraction of sp³-hybridized carbons (Fsp3) is 0.222. The van der Waals surface area contributed by atoms with Crippen LogP contribution in [0.15, 0.2) is 48.5 Å². The lowest BCUT2D eigenvalue weighted by molar-refractivity contribution is -0.127. The van der Waals surface area contributed by atoms with Gasteiger partial charge in [0.25, 0.3) is 11.8 Å². The van der Waals surface area contributed by atoms with Crippen molar-refractivity contribution in [1.82, 2.24) is 5.32 Å². The SMILES string of the molecule is CNC(=O)C1CN(C(=O)c2cccc(C)c2)c2ccccc2O1. The van der Waals surface area contributed by atoms with Gasteiger partial charge in [0, 0.05) is 12.6 Å². The van der Waals surface area contributed by atoms with Crippen LogP contribution in [0.4, 0.5) is 5.69 Å². The highest BCUT2D eigenvalue weighted by molar-refractivity contribution is 6.08. The maximum absolute atomic E-state index is 12.9. The molecule has 3 rings (SSSR count). The van der Waals surface area contributed by atoms with E-state index in [0.717, 1.165) is 5.56 Å². The number of ether oxygens (including phenoxy) is 1. The van der Waals surface area contributed by atoms with Crippen molar-refractivity contribution >= 4 is 17.5 Å². The normalized spacial score (nSPS) is 16.3. The van der Waals surface area contributed by atoms with E-state index in [2.05, 4.69) is 5.32 Å². The van der Waals surface area contributed by atoms with Gasteiger partial charge in [-0.25, -0.2) is 0 Å². The Kier molecular flexibility index (Phi) is 4.02. The molecule has 0 saturated carbocycles. The van der Waals surface area contributed by atoms with Crippen LogP contribution in [-0.2, 0) is 4.79 Å². The summed E-state index contributed by atoms with van der Waals surface area (Å²) in [5.41, 5.74) is 2.29. The van der Waals surface area contributed by atoms with Gasteiger partial charge in [-0.1, -0.05) is 29.8 Å². The van der Waals surface area contributed by atoms with Gasteiger partial charge in [0.2, 0.25) is 0 Å². The topological polar surface area (TPSA) is 58.6 Å². The first-order chi connectivity index (χ1) is 11.1. The molecule has 5 nitrogen and oxygen atoms in total. The summed E-state index contributed by atoms with van der Waals surface area (Å²) in [6.07, 6.45) is -0.719. The number of amides is 2. The van der Waals surface area contributed by atoms with E-state index < -0.39 is 6.10 Å². The molecule has 1 N–H and O–H groups in total. The molecule has 1 aliphatic heterocycles. The van der Waals surface area contributed by atoms with Gasteiger partial charge < -0.3 is 15.0 Å². The first-order valence-corrected chi connectivity index (χ1v) is 7.46. The predicted octanol–water partition coefficient (Wildman–Crippen LogP) is 2.15. The molecule has 1 unspecified atom stereocenters. The van der Waals surface area contributed by atoms with Crippen LogP contribution in [0.5, 0.6) is 5.75 Å². The highest BCUT2D eigenvalue weighted by Crippen LogP contribution is 2.34. The number of hydrogen-bond acceptors (Lipinski definition) is 3. The Labute approximate surface area is 134 Å². The molecule has 0 radical (unpaired) electrons. The van der Waals surface area contributed by atoms with Gasteiger partial charge in [-0.3, -0.25) is 9.59 Å². The number of fused-ring (bicyclic) bond motifs is 1. The minimum Gasteiger partial charge on any atom is -0.477 e. The number of likely N-dealkylation sites (N-methyl/N-ethyl adjacent to an activating group) is 1. The van der Waals surface area contributed by atoms with E-state index in [0.29, 0.717) is 17.0 Å². The number of aryl methyl sites for hydroxylation is 1. The van der Waals surface area contributed by atoms with E-state index in [1.54, 1.807) is 24.1 Å². The van der Waals surface area contributed by atoms with Gasteiger partial charge >= 0.3 is 0 Å². The van der Waals surface area contributed by atoms with Crippen molar-refractivity contribution in [2.75, 3.05) is 18.5 Å². The van der Waals surface area contributed by atoms with E-state index in [1.807, 2.05) is 43.3 Å². The number of para-hydroxylation sites is 2. The first-order valence-electron chi connectivity index (χ1n) is 7.46. The zero-order valence-corrected chi connectivity index (χ0v) is 13.1. The Morgan fingerprint density at radius 2 is 1.96 bits per heavy atom. The fourth-order valence-corrected chi connectivity index (χ4v) is 2.66. The first kappa shape index (κ1) is 15.1. The largest absolute Gasteiger partial charge is 0.477 e. The number of carbonyl (C=O) groups is 2. The third kappa shape index (κ3) is 2.90. The van der Waals surface area contributed by atoms with Crippen LogP contribution in [0.25, 0.3) is 0 Å². The summed E-state index contributed by atoms with van der Waals surface area (Å²) >= 11 is 0. The molecule has 0 aliphatic carbocycles. The summed E-state index contributed by atoms with van der Waals surface area (Å²) in [6, 6.07) is 14.7. The Bertz CT molecular complexity index is 757. The van der Waals surface area contributed by atoms with Gasteiger partial charge in [-0.2, -0.15) is 0 Å². The Hall–Kier alpha value is -2.82. The Morgan fingerprint density at radius 1 is 1.17 bits per heavy atom. The van der Waals surface area contributed by atoms with Crippen molar-refractivity contribution in [3.05, 3.63) is 59.7 Å². The monoisotopic (exact) mass is 310 g/mol. The summed E-state index contributed by atoms with van der Waals surface area (Å²) in [4.78, 5) is 26.5. The molecular weight excluding hydrogens is 292 g/mol. The maximum atomic E-state index is 12.9. The van der Waals surface area contributed by atoms with Gasteiger partial charge in [0.05, 0.1) is 12.2 Å². The zero-order chi connectivity index (χ0) is 16.4. The number of rotatable bonds is 2. The third-order valence-electron chi connectivity index (χ3n) is 3.82. The quantitative estimate of drug-likeness (QED) is 0.924. The average Bonchev–Trinajstić information content (AvgIpc) is 2.59. The molecule has 1 aliphatic rings. The molecule has 0 fully saturated rings. The van der Waals surface area contributed by atoms with Crippen molar-refractivity contribution in [2.24, 2.45) is 0 Å². The molecule has 2 aromatic carbocycles. The molecule has 118 valence electrons.